The lowest BCUT2D eigenvalue weighted by molar-refractivity contribution is -0.158. The van der Waals surface area contributed by atoms with Gasteiger partial charge in [-0.2, -0.15) is 0 Å². The van der Waals surface area contributed by atoms with Crippen LogP contribution in [-0.2, 0) is 9.53 Å². The number of halogens is 1. The van der Waals surface area contributed by atoms with Crippen LogP contribution in [0.25, 0.3) is 11.1 Å². The largest absolute Gasteiger partial charge is 0.476 e. The van der Waals surface area contributed by atoms with Gasteiger partial charge < -0.3 is 9.47 Å². The summed E-state index contributed by atoms with van der Waals surface area (Å²) in [6.45, 7) is 5.49. The summed E-state index contributed by atoms with van der Waals surface area (Å²) in [6, 6.07) is 9.47. The number of thiophene rings is 1. The lowest BCUT2D eigenvalue weighted by Gasteiger charge is -2.24. The summed E-state index contributed by atoms with van der Waals surface area (Å²) in [4.78, 5) is 11.8. The number of esters is 1. The Morgan fingerprint density at radius 2 is 1.90 bits per heavy atom. The third-order valence-electron chi connectivity index (χ3n) is 2.90. The first kappa shape index (κ1) is 15.9. The molecule has 0 saturated carbocycles. The van der Waals surface area contributed by atoms with Crippen molar-refractivity contribution in [1.29, 1.82) is 0 Å². The monoisotopic (exact) mass is 324 g/mol. The molecule has 0 spiro atoms. The van der Waals surface area contributed by atoms with Crippen molar-refractivity contribution < 1.29 is 14.3 Å². The summed E-state index contributed by atoms with van der Waals surface area (Å²) in [5.74, 6) is 0.247. The van der Waals surface area contributed by atoms with E-state index >= 15 is 0 Å². The fourth-order valence-electron chi connectivity index (χ4n) is 1.82. The minimum atomic E-state index is -1.01. The first-order valence-corrected chi connectivity index (χ1v) is 7.89. The van der Waals surface area contributed by atoms with Crippen molar-refractivity contribution in [2.24, 2.45) is 0 Å². The molecule has 3 nitrogen and oxygen atoms in total. The van der Waals surface area contributed by atoms with Crippen molar-refractivity contribution in [3.05, 3.63) is 40.0 Å². The SMILES string of the molecule is CCOC(=O)C(C)(C)Oc1ccc(-c2csc(Cl)c2)cc1. The van der Waals surface area contributed by atoms with Crippen molar-refractivity contribution in [2.75, 3.05) is 6.61 Å². The Kier molecular flexibility index (Phi) is 4.91. The van der Waals surface area contributed by atoms with Gasteiger partial charge in [0.25, 0.3) is 0 Å². The van der Waals surface area contributed by atoms with Crippen molar-refractivity contribution in [2.45, 2.75) is 26.4 Å². The minimum Gasteiger partial charge on any atom is -0.476 e. The van der Waals surface area contributed by atoms with Gasteiger partial charge in [0.1, 0.15) is 5.75 Å². The van der Waals surface area contributed by atoms with Crippen molar-refractivity contribution >= 4 is 28.9 Å². The first-order valence-electron chi connectivity index (χ1n) is 6.63. The van der Waals surface area contributed by atoms with E-state index in [0.717, 1.165) is 15.5 Å². The Balaban J connectivity index is 2.10. The number of ether oxygens (including phenoxy) is 2. The predicted octanol–water partition coefficient (Wildman–Crippen LogP) is 4.79. The number of benzene rings is 1. The van der Waals surface area contributed by atoms with Crippen molar-refractivity contribution in [3.63, 3.8) is 0 Å². The summed E-state index contributed by atoms with van der Waals surface area (Å²) < 4.78 is 11.5. The van der Waals surface area contributed by atoms with Gasteiger partial charge in [0.2, 0.25) is 0 Å². The fourth-order valence-corrected chi connectivity index (χ4v) is 2.71. The van der Waals surface area contributed by atoms with E-state index in [2.05, 4.69) is 0 Å². The highest BCUT2D eigenvalue weighted by atomic mass is 35.5. The van der Waals surface area contributed by atoms with Crippen LogP contribution in [0.5, 0.6) is 5.75 Å². The van der Waals surface area contributed by atoms with Crippen molar-refractivity contribution in [1.82, 2.24) is 0 Å². The van der Waals surface area contributed by atoms with Gasteiger partial charge >= 0.3 is 5.97 Å². The maximum Gasteiger partial charge on any atom is 0.349 e. The number of hydrogen-bond acceptors (Lipinski definition) is 4. The summed E-state index contributed by atoms with van der Waals surface area (Å²) in [6.07, 6.45) is 0. The zero-order valence-corrected chi connectivity index (χ0v) is 13.8. The normalized spacial score (nSPS) is 11.2. The highest BCUT2D eigenvalue weighted by Crippen LogP contribution is 2.30. The number of carbonyl (C=O) groups is 1. The second-order valence-corrected chi connectivity index (χ2v) is 6.54. The maximum absolute atomic E-state index is 11.8. The zero-order chi connectivity index (χ0) is 15.5. The van der Waals surface area contributed by atoms with Crippen LogP contribution in [0.15, 0.2) is 35.7 Å². The molecule has 1 aromatic heterocycles. The molecule has 0 atom stereocenters. The predicted molar refractivity (Wildman–Crippen MR) is 86.1 cm³/mol. The topological polar surface area (TPSA) is 35.5 Å². The molecule has 21 heavy (non-hydrogen) atoms. The van der Waals surface area contributed by atoms with Gasteiger partial charge in [0.05, 0.1) is 10.9 Å². The quantitative estimate of drug-likeness (QED) is 0.742. The van der Waals surface area contributed by atoms with Crippen LogP contribution in [0.4, 0.5) is 0 Å². The minimum absolute atomic E-state index is 0.337. The van der Waals surface area contributed by atoms with E-state index in [1.165, 1.54) is 11.3 Å². The standard InChI is InChI=1S/C16H17ClO3S/c1-4-19-15(18)16(2,3)20-13-7-5-11(6-8-13)12-9-14(17)21-10-12/h5-10H,4H2,1-3H3. The zero-order valence-electron chi connectivity index (χ0n) is 12.2. The highest BCUT2D eigenvalue weighted by Gasteiger charge is 2.31. The van der Waals surface area contributed by atoms with E-state index in [1.807, 2.05) is 35.7 Å². The summed E-state index contributed by atoms with van der Waals surface area (Å²) >= 11 is 7.43. The lowest BCUT2D eigenvalue weighted by Crippen LogP contribution is -2.39. The molecule has 1 aromatic carbocycles. The van der Waals surface area contributed by atoms with Crippen LogP contribution >= 0.6 is 22.9 Å². The number of hydrogen-bond donors (Lipinski definition) is 0. The summed E-state index contributed by atoms with van der Waals surface area (Å²) in [5, 5.41) is 2.00. The Labute approximate surface area is 133 Å². The molecule has 5 heteroatoms. The van der Waals surface area contributed by atoms with E-state index in [9.17, 15) is 4.79 Å². The Bertz CT molecular complexity index is 617. The molecule has 0 radical (unpaired) electrons. The molecule has 0 aliphatic rings. The molecule has 2 rings (SSSR count). The molecule has 1 heterocycles. The molecule has 2 aromatic rings. The Hall–Kier alpha value is -1.52. The van der Waals surface area contributed by atoms with Crippen LogP contribution in [0.2, 0.25) is 4.34 Å². The smallest absolute Gasteiger partial charge is 0.349 e. The lowest BCUT2D eigenvalue weighted by atomic mass is 10.1. The highest BCUT2D eigenvalue weighted by molar-refractivity contribution is 7.14. The second-order valence-electron chi connectivity index (χ2n) is 5.00. The van der Waals surface area contributed by atoms with Crippen LogP contribution in [0, 0.1) is 0 Å². The Morgan fingerprint density at radius 3 is 2.43 bits per heavy atom. The van der Waals surface area contributed by atoms with Gasteiger partial charge in [-0.15, -0.1) is 11.3 Å². The van der Waals surface area contributed by atoms with Gasteiger partial charge in [-0.05, 0) is 50.1 Å². The van der Waals surface area contributed by atoms with E-state index in [0.29, 0.717) is 12.4 Å². The molecule has 0 aliphatic carbocycles. The van der Waals surface area contributed by atoms with Crippen LogP contribution in [0.1, 0.15) is 20.8 Å². The molecule has 0 unspecified atom stereocenters. The molecule has 0 fully saturated rings. The van der Waals surface area contributed by atoms with Gasteiger partial charge in [-0.1, -0.05) is 23.7 Å². The van der Waals surface area contributed by atoms with E-state index in [-0.39, 0.29) is 5.97 Å². The fraction of sp³-hybridized carbons (Fsp3) is 0.312. The van der Waals surface area contributed by atoms with E-state index in [4.69, 9.17) is 21.1 Å². The first-order chi connectivity index (χ1) is 9.92. The van der Waals surface area contributed by atoms with Gasteiger partial charge in [-0.3, -0.25) is 0 Å². The average Bonchev–Trinajstić information content (AvgIpc) is 2.86. The summed E-state index contributed by atoms with van der Waals surface area (Å²) in [7, 11) is 0. The van der Waals surface area contributed by atoms with Crippen LogP contribution < -0.4 is 4.74 Å². The van der Waals surface area contributed by atoms with Crippen LogP contribution in [-0.4, -0.2) is 18.2 Å². The molecule has 0 amide bonds. The van der Waals surface area contributed by atoms with Gasteiger partial charge in [-0.25, -0.2) is 4.79 Å². The molecule has 0 aliphatic heterocycles. The molecule has 0 saturated heterocycles. The van der Waals surface area contributed by atoms with Gasteiger partial charge in [0.15, 0.2) is 5.60 Å². The number of carbonyl (C=O) groups excluding carboxylic acids is 1. The van der Waals surface area contributed by atoms with E-state index in [1.54, 1.807) is 20.8 Å². The van der Waals surface area contributed by atoms with Crippen LogP contribution in [0.3, 0.4) is 0 Å². The number of rotatable bonds is 5. The average molecular weight is 325 g/mol. The third kappa shape index (κ3) is 3.99. The molecular weight excluding hydrogens is 308 g/mol. The molecule has 112 valence electrons. The molecule has 0 bridgehead atoms. The molecule has 0 N–H and O–H groups in total. The summed E-state index contributed by atoms with van der Waals surface area (Å²) in [5.41, 5.74) is 1.11. The second kappa shape index (κ2) is 6.50. The van der Waals surface area contributed by atoms with Gasteiger partial charge in [0, 0.05) is 5.38 Å². The molecular formula is C16H17ClO3S. The van der Waals surface area contributed by atoms with E-state index < -0.39 is 5.60 Å². The Morgan fingerprint density at radius 1 is 1.24 bits per heavy atom. The third-order valence-corrected chi connectivity index (χ3v) is 3.99. The van der Waals surface area contributed by atoms with Crippen molar-refractivity contribution in [3.8, 4) is 16.9 Å². The maximum atomic E-state index is 11.8.